The van der Waals surface area contributed by atoms with Gasteiger partial charge in [-0.2, -0.15) is 0 Å². The van der Waals surface area contributed by atoms with Crippen molar-refractivity contribution in [2.45, 2.75) is 32.9 Å². The molecule has 0 radical (unpaired) electrons. The van der Waals surface area contributed by atoms with E-state index in [0.29, 0.717) is 36.6 Å². The van der Waals surface area contributed by atoms with Crippen LogP contribution < -0.4 is 4.90 Å². The van der Waals surface area contributed by atoms with E-state index in [-0.39, 0.29) is 17.3 Å². The molecule has 0 bridgehead atoms. The molecule has 0 N–H and O–H groups in total. The highest BCUT2D eigenvalue weighted by Gasteiger charge is 2.27. The molecule has 1 aliphatic rings. The van der Waals surface area contributed by atoms with Gasteiger partial charge in [-0.1, -0.05) is 11.6 Å². The number of carbonyl (C=O) groups is 1. The number of aryl methyl sites for hydroxylation is 1. The number of hydrogen-bond acceptors (Lipinski definition) is 5. The standard InChI is InChI=1S/C12H16ClN3O2/c1-7-6-18-8(2)4-16(7)12-10(5-17)11(13)14-9(3)15-12/h5,7-8H,4,6H2,1-3H3. The number of aromatic nitrogens is 2. The summed E-state index contributed by atoms with van der Waals surface area (Å²) in [6, 6.07) is 0.158. The topological polar surface area (TPSA) is 55.3 Å². The lowest BCUT2D eigenvalue weighted by atomic mass is 10.2. The third-order valence-electron chi connectivity index (χ3n) is 2.99. The van der Waals surface area contributed by atoms with Gasteiger partial charge in [0.05, 0.1) is 24.3 Å². The fraction of sp³-hybridized carbons (Fsp3) is 0.583. The average Bonchev–Trinajstić information content (AvgIpc) is 2.31. The minimum atomic E-state index is 0.106. The molecule has 2 unspecified atom stereocenters. The van der Waals surface area contributed by atoms with Crippen molar-refractivity contribution in [1.29, 1.82) is 0 Å². The molecule has 0 amide bonds. The van der Waals surface area contributed by atoms with Crippen molar-refractivity contribution in [3.8, 4) is 0 Å². The Morgan fingerprint density at radius 2 is 2.17 bits per heavy atom. The maximum absolute atomic E-state index is 11.2. The third-order valence-corrected chi connectivity index (χ3v) is 3.28. The molecule has 1 fully saturated rings. The molecule has 6 heteroatoms. The van der Waals surface area contributed by atoms with Crippen LogP contribution in [0.2, 0.25) is 5.15 Å². The van der Waals surface area contributed by atoms with Crippen LogP contribution in [-0.4, -0.2) is 41.6 Å². The van der Waals surface area contributed by atoms with E-state index in [2.05, 4.69) is 14.9 Å². The van der Waals surface area contributed by atoms with E-state index < -0.39 is 0 Å². The molecule has 98 valence electrons. The van der Waals surface area contributed by atoms with Crippen LogP contribution in [0.15, 0.2) is 0 Å². The van der Waals surface area contributed by atoms with Gasteiger partial charge in [0.25, 0.3) is 0 Å². The van der Waals surface area contributed by atoms with Crippen LogP contribution in [0, 0.1) is 6.92 Å². The predicted molar refractivity (Wildman–Crippen MR) is 69.4 cm³/mol. The lowest BCUT2D eigenvalue weighted by Crippen LogP contribution is -2.48. The Balaban J connectivity index is 2.45. The summed E-state index contributed by atoms with van der Waals surface area (Å²) >= 11 is 6.00. The van der Waals surface area contributed by atoms with Gasteiger partial charge in [-0.05, 0) is 20.8 Å². The minimum Gasteiger partial charge on any atom is -0.375 e. The van der Waals surface area contributed by atoms with E-state index in [4.69, 9.17) is 16.3 Å². The Bertz CT molecular complexity index is 467. The number of aldehydes is 1. The first-order valence-electron chi connectivity index (χ1n) is 5.90. The van der Waals surface area contributed by atoms with Crippen molar-refractivity contribution >= 4 is 23.7 Å². The summed E-state index contributed by atoms with van der Waals surface area (Å²) in [7, 11) is 0. The summed E-state index contributed by atoms with van der Waals surface area (Å²) in [5.41, 5.74) is 0.350. The monoisotopic (exact) mass is 269 g/mol. The Kier molecular flexibility index (Phi) is 3.82. The van der Waals surface area contributed by atoms with Gasteiger partial charge in [0, 0.05) is 6.54 Å². The number of nitrogens with zero attached hydrogens (tertiary/aromatic N) is 3. The molecule has 2 atom stereocenters. The van der Waals surface area contributed by atoms with Gasteiger partial charge in [-0.15, -0.1) is 0 Å². The van der Waals surface area contributed by atoms with Crippen LogP contribution in [0.3, 0.4) is 0 Å². The molecule has 0 saturated carbocycles. The molecule has 2 heterocycles. The first-order valence-corrected chi connectivity index (χ1v) is 6.28. The maximum Gasteiger partial charge on any atom is 0.156 e. The van der Waals surface area contributed by atoms with Gasteiger partial charge >= 0.3 is 0 Å². The summed E-state index contributed by atoms with van der Waals surface area (Å²) in [6.07, 6.45) is 0.819. The summed E-state index contributed by atoms with van der Waals surface area (Å²) < 4.78 is 5.57. The number of anilines is 1. The number of rotatable bonds is 2. The molecule has 1 aliphatic heterocycles. The Labute approximate surface area is 111 Å². The Hall–Kier alpha value is -1.20. The lowest BCUT2D eigenvalue weighted by Gasteiger charge is -2.38. The van der Waals surface area contributed by atoms with Gasteiger partial charge in [0.2, 0.25) is 0 Å². The zero-order valence-electron chi connectivity index (χ0n) is 10.7. The van der Waals surface area contributed by atoms with Crippen molar-refractivity contribution in [1.82, 2.24) is 9.97 Å². The minimum absolute atomic E-state index is 0.106. The van der Waals surface area contributed by atoms with Crippen LogP contribution in [0.5, 0.6) is 0 Å². The molecule has 1 aromatic heterocycles. The molecular weight excluding hydrogens is 254 g/mol. The average molecular weight is 270 g/mol. The second kappa shape index (κ2) is 5.20. The summed E-state index contributed by atoms with van der Waals surface area (Å²) in [6.45, 7) is 7.09. The number of carbonyl (C=O) groups excluding carboxylic acids is 1. The first-order chi connectivity index (χ1) is 8.52. The number of ether oxygens (including phenoxy) is 1. The molecule has 18 heavy (non-hydrogen) atoms. The predicted octanol–water partition coefficient (Wildman–Crippen LogP) is 1.86. The number of morpholine rings is 1. The van der Waals surface area contributed by atoms with Crippen LogP contribution in [0.25, 0.3) is 0 Å². The second-order valence-electron chi connectivity index (χ2n) is 4.56. The molecule has 0 spiro atoms. The highest BCUT2D eigenvalue weighted by molar-refractivity contribution is 6.32. The van der Waals surface area contributed by atoms with E-state index in [1.807, 2.05) is 13.8 Å². The molecule has 1 aromatic rings. The van der Waals surface area contributed by atoms with Crippen molar-refractivity contribution in [3.63, 3.8) is 0 Å². The van der Waals surface area contributed by atoms with Crippen molar-refractivity contribution in [3.05, 3.63) is 16.5 Å². The van der Waals surface area contributed by atoms with E-state index in [9.17, 15) is 4.79 Å². The van der Waals surface area contributed by atoms with Crippen molar-refractivity contribution in [2.75, 3.05) is 18.1 Å². The molecule has 5 nitrogen and oxygen atoms in total. The van der Waals surface area contributed by atoms with Gasteiger partial charge < -0.3 is 9.64 Å². The third kappa shape index (κ3) is 2.47. The summed E-state index contributed by atoms with van der Waals surface area (Å²) in [5.74, 6) is 1.16. The molecule has 2 rings (SSSR count). The van der Waals surface area contributed by atoms with Gasteiger partial charge in [-0.25, -0.2) is 9.97 Å². The zero-order chi connectivity index (χ0) is 13.3. The largest absolute Gasteiger partial charge is 0.375 e. The van der Waals surface area contributed by atoms with Crippen molar-refractivity contribution < 1.29 is 9.53 Å². The number of hydrogen-bond donors (Lipinski definition) is 0. The van der Waals surface area contributed by atoms with E-state index >= 15 is 0 Å². The summed E-state index contributed by atoms with van der Waals surface area (Å²) in [5, 5.41) is 0.207. The van der Waals surface area contributed by atoms with Crippen molar-refractivity contribution in [2.24, 2.45) is 0 Å². The van der Waals surface area contributed by atoms with Gasteiger partial charge in [0.15, 0.2) is 6.29 Å². The van der Waals surface area contributed by atoms with Gasteiger partial charge in [-0.3, -0.25) is 4.79 Å². The van der Waals surface area contributed by atoms with E-state index in [0.717, 1.165) is 0 Å². The first kappa shape index (κ1) is 13.2. The van der Waals surface area contributed by atoms with E-state index in [1.165, 1.54) is 0 Å². The molecular formula is C12H16ClN3O2. The highest BCUT2D eigenvalue weighted by Crippen LogP contribution is 2.26. The normalized spacial score (nSPS) is 24.1. The quantitative estimate of drug-likeness (QED) is 0.606. The highest BCUT2D eigenvalue weighted by atomic mass is 35.5. The maximum atomic E-state index is 11.2. The Morgan fingerprint density at radius 3 is 2.83 bits per heavy atom. The Morgan fingerprint density at radius 1 is 1.44 bits per heavy atom. The lowest BCUT2D eigenvalue weighted by molar-refractivity contribution is 0.0339. The SMILES string of the molecule is Cc1nc(Cl)c(C=O)c(N2CC(C)OCC2C)n1. The van der Waals surface area contributed by atoms with Crippen LogP contribution >= 0.6 is 11.6 Å². The molecule has 0 aromatic carbocycles. The van der Waals surface area contributed by atoms with Gasteiger partial charge in [0.1, 0.15) is 16.8 Å². The fourth-order valence-electron chi connectivity index (χ4n) is 2.05. The molecule has 0 aliphatic carbocycles. The zero-order valence-corrected chi connectivity index (χ0v) is 11.4. The smallest absolute Gasteiger partial charge is 0.156 e. The fourth-order valence-corrected chi connectivity index (χ4v) is 2.30. The van der Waals surface area contributed by atoms with Crippen LogP contribution in [0.1, 0.15) is 30.0 Å². The van der Waals surface area contributed by atoms with E-state index in [1.54, 1.807) is 6.92 Å². The van der Waals surface area contributed by atoms with Crippen LogP contribution in [0.4, 0.5) is 5.82 Å². The molecule has 1 saturated heterocycles. The second-order valence-corrected chi connectivity index (χ2v) is 4.92. The summed E-state index contributed by atoms with van der Waals surface area (Å²) in [4.78, 5) is 21.6. The van der Waals surface area contributed by atoms with Crippen LogP contribution in [-0.2, 0) is 4.74 Å². The number of halogens is 1.